The van der Waals surface area contributed by atoms with Gasteiger partial charge in [-0.2, -0.15) is 0 Å². The van der Waals surface area contributed by atoms with Crippen LogP contribution in [0.4, 0.5) is 0 Å². The van der Waals surface area contributed by atoms with Crippen molar-refractivity contribution in [2.45, 2.75) is 32.3 Å². The summed E-state index contributed by atoms with van der Waals surface area (Å²) in [7, 11) is 0. The zero-order valence-corrected chi connectivity index (χ0v) is 11.6. The number of aliphatic hydroxyl groups is 1. The first-order valence-corrected chi connectivity index (χ1v) is 6.46. The highest BCUT2D eigenvalue weighted by Gasteiger charge is 2.20. The topological polar surface area (TPSA) is 40.5 Å². The zero-order chi connectivity index (χ0) is 14.0. The van der Waals surface area contributed by atoms with Gasteiger partial charge in [0.1, 0.15) is 11.9 Å². The first-order valence-electron chi connectivity index (χ1n) is 6.46. The van der Waals surface area contributed by atoms with Gasteiger partial charge in [-0.15, -0.1) is 0 Å². The minimum absolute atomic E-state index is 0.156. The Kier molecular flexibility index (Phi) is 3.63. The highest BCUT2D eigenvalue weighted by Crippen LogP contribution is 2.33. The van der Waals surface area contributed by atoms with Crippen LogP contribution in [0.2, 0.25) is 0 Å². The second-order valence-electron chi connectivity index (χ2n) is 5.84. The monoisotopic (exact) mass is 256 g/mol. The molecule has 1 unspecified atom stereocenters. The summed E-state index contributed by atoms with van der Waals surface area (Å²) >= 11 is 0. The molecule has 2 aromatic rings. The zero-order valence-electron chi connectivity index (χ0n) is 11.6. The summed E-state index contributed by atoms with van der Waals surface area (Å²) in [5.74, 6) is 0.275. The van der Waals surface area contributed by atoms with Crippen LogP contribution in [0.5, 0.6) is 5.75 Å². The standard InChI is InChI=1S/C17H20O2/c1-17(2,3)14-11-13(9-10-15(14)18)16(19)12-7-5-4-6-8-12/h4-11,16,18-19H,1-3H3. The summed E-state index contributed by atoms with van der Waals surface area (Å²) in [5, 5.41) is 20.3. The lowest BCUT2D eigenvalue weighted by molar-refractivity contribution is 0.220. The Balaban J connectivity index is 2.42. The van der Waals surface area contributed by atoms with Crippen LogP contribution in [-0.4, -0.2) is 10.2 Å². The lowest BCUT2D eigenvalue weighted by atomic mass is 9.84. The molecule has 0 aromatic heterocycles. The fourth-order valence-electron chi connectivity index (χ4n) is 2.15. The normalized spacial score (nSPS) is 13.3. The smallest absolute Gasteiger partial charge is 0.119 e. The molecule has 2 heteroatoms. The second kappa shape index (κ2) is 5.06. The SMILES string of the molecule is CC(C)(C)c1cc(C(O)c2ccccc2)ccc1O. The fourth-order valence-corrected chi connectivity index (χ4v) is 2.15. The van der Waals surface area contributed by atoms with Crippen molar-refractivity contribution in [3.63, 3.8) is 0 Å². The maximum Gasteiger partial charge on any atom is 0.119 e. The minimum atomic E-state index is -0.664. The maximum atomic E-state index is 10.4. The molecule has 2 nitrogen and oxygen atoms in total. The molecule has 2 aromatic carbocycles. The largest absolute Gasteiger partial charge is 0.508 e. The number of hydrogen-bond donors (Lipinski definition) is 2. The predicted octanol–water partition coefficient (Wildman–Crippen LogP) is 3.77. The van der Waals surface area contributed by atoms with E-state index in [0.29, 0.717) is 0 Å². The highest BCUT2D eigenvalue weighted by atomic mass is 16.3. The number of aliphatic hydroxyl groups excluding tert-OH is 1. The summed E-state index contributed by atoms with van der Waals surface area (Å²) in [6.45, 7) is 6.13. The number of aromatic hydroxyl groups is 1. The molecule has 0 amide bonds. The van der Waals surface area contributed by atoms with E-state index in [9.17, 15) is 10.2 Å². The predicted molar refractivity (Wildman–Crippen MR) is 77.3 cm³/mol. The van der Waals surface area contributed by atoms with Crippen LogP contribution in [0.15, 0.2) is 48.5 Å². The van der Waals surface area contributed by atoms with Crippen molar-refractivity contribution < 1.29 is 10.2 Å². The van der Waals surface area contributed by atoms with Crippen molar-refractivity contribution >= 4 is 0 Å². The van der Waals surface area contributed by atoms with Crippen molar-refractivity contribution in [2.24, 2.45) is 0 Å². The van der Waals surface area contributed by atoms with Gasteiger partial charge in [-0.25, -0.2) is 0 Å². The molecule has 0 bridgehead atoms. The first kappa shape index (κ1) is 13.6. The van der Waals surface area contributed by atoms with Crippen LogP contribution in [-0.2, 0) is 5.41 Å². The van der Waals surface area contributed by atoms with Gasteiger partial charge in [0.15, 0.2) is 0 Å². The molecule has 0 aliphatic heterocycles. The molecular formula is C17H20O2. The van der Waals surface area contributed by atoms with Gasteiger partial charge < -0.3 is 10.2 Å². The molecule has 0 saturated carbocycles. The quantitative estimate of drug-likeness (QED) is 0.858. The Bertz CT molecular complexity index is 553. The molecule has 2 N–H and O–H groups in total. The van der Waals surface area contributed by atoms with E-state index < -0.39 is 6.10 Å². The van der Waals surface area contributed by atoms with E-state index in [2.05, 4.69) is 0 Å². The number of phenolic OH excluding ortho intramolecular Hbond substituents is 1. The number of hydrogen-bond acceptors (Lipinski definition) is 2. The third-order valence-corrected chi connectivity index (χ3v) is 3.26. The summed E-state index contributed by atoms with van der Waals surface area (Å²) in [6.07, 6.45) is -0.664. The lowest BCUT2D eigenvalue weighted by Gasteiger charge is -2.22. The van der Waals surface area contributed by atoms with Crippen molar-refractivity contribution in [3.8, 4) is 5.75 Å². The third-order valence-electron chi connectivity index (χ3n) is 3.26. The Morgan fingerprint density at radius 3 is 2.11 bits per heavy atom. The Morgan fingerprint density at radius 2 is 1.53 bits per heavy atom. The highest BCUT2D eigenvalue weighted by molar-refractivity contribution is 5.43. The second-order valence-corrected chi connectivity index (χ2v) is 5.84. The molecule has 0 saturated heterocycles. The number of phenols is 1. The van der Waals surface area contributed by atoms with E-state index >= 15 is 0 Å². The van der Waals surface area contributed by atoms with Gasteiger partial charge >= 0.3 is 0 Å². The molecule has 0 spiro atoms. The molecular weight excluding hydrogens is 236 g/mol. The molecule has 0 fully saturated rings. The minimum Gasteiger partial charge on any atom is -0.508 e. The average molecular weight is 256 g/mol. The first-order chi connectivity index (χ1) is 8.89. The van der Waals surface area contributed by atoms with Crippen molar-refractivity contribution in [2.75, 3.05) is 0 Å². The number of benzene rings is 2. The Morgan fingerprint density at radius 1 is 0.895 bits per heavy atom. The van der Waals surface area contributed by atoms with E-state index in [1.807, 2.05) is 57.2 Å². The van der Waals surface area contributed by atoms with Gasteiger partial charge in [-0.3, -0.25) is 0 Å². The van der Waals surface area contributed by atoms with Crippen LogP contribution in [0.25, 0.3) is 0 Å². The van der Waals surface area contributed by atoms with Crippen LogP contribution >= 0.6 is 0 Å². The van der Waals surface area contributed by atoms with Gasteiger partial charge in [0, 0.05) is 0 Å². The Labute approximate surface area is 114 Å². The van der Waals surface area contributed by atoms with Gasteiger partial charge in [0.25, 0.3) is 0 Å². The van der Waals surface area contributed by atoms with Gasteiger partial charge in [-0.1, -0.05) is 57.2 Å². The molecule has 1 atom stereocenters. The van der Waals surface area contributed by atoms with Crippen LogP contribution in [0, 0.1) is 0 Å². The molecule has 100 valence electrons. The molecule has 0 aliphatic carbocycles. The fraction of sp³-hybridized carbons (Fsp3) is 0.294. The number of rotatable bonds is 2. The van der Waals surface area contributed by atoms with Crippen molar-refractivity contribution in [1.29, 1.82) is 0 Å². The van der Waals surface area contributed by atoms with Gasteiger partial charge in [-0.05, 0) is 34.2 Å². The van der Waals surface area contributed by atoms with E-state index in [-0.39, 0.29) is 11.2 Å². The summed E-state index contributed by atoms with van der Waals surface area (Å²) in [4.78, 5) is 0. The van der Waals surface area contributed by atoms with Crippen molar-refractivity contribution in [3.05, 3.63) is 65.2 Å². The van der Waals surface area contributed by atoms with Crippen LogP contribution in [0.3, 0.4) is 0 Å². The van der Waals surface area contributed by atoms with Crippen molar-refractivity contribution in [1.82, 2.24) is 0 Å². The van der Waals surface area contributed by atoms with Crippen LogP contribution in [0.1, 0.15) is 43.6 Å². The molecule has 0 radical (unpaired) electrons. The maximum absolute atomic E-state index is 10.4. The molecule has 19 heavy (non-hydrogen) atoms. The van der Waals surface area contributed by atoms with E-state index in [1.54, 1.807) is 12.1 Å². The van der Waals surface area contributed by atoms with Gasteiger partial charge in [0.2, 0.25) is 0 Å². The molecule has 0 heterocycles. The van der Waals surface area contributed by atoms with E-state index in [0.717, 1.165) is 16.7 Å². The van der Waals surface area contributed by atoms with Gasteiger partial charge in [0.05, 0.1) is 0 Å². The lowest BCUT2D eigenvalue weighted by Crippen LogP contribution is -2.12. The van der Waals surface area contributed by atoms with E-state index in [4.69, 9.17) is 0 Å². The molecule has 0 aliphatic rings. The average Bonchev–Trinajstić information content (AvgIpc) is 2.38. The summed E-state index contributed by atoms with van der Waals surface area (Å²) in [5.41, 5.74) is 2.35. The summed E-state index contributed by atoms with van der Waals surface area (Å²) < 4.78 is 0. The summed E-state index contributed by atoms with van der Waals surface area (Å²) in [6, 6.07) is 14.8. The Hall–Kier alpha value is -1.80. The third kappa shape index (κ3) is 2.96. The van der Waals surface area contributed by atoms with Crippen LogP contribution < -0.4 is 0 Å². The van der Waals surface area contributed by atoms with E-state index in [1.165, 1.54) is 0 Å². The molecule has 2 rings (SSSR count).